The summed E-state index contributed by atoms with van der Waals surface area (Å²) in [5.74, 6) is -0.671. The Labute approximate surface area is 197 Å². The van der Waals surface area contributed by atoms with Crippen LogP contribution in [0.25, 0.3) is 0 Å². The van der Waals surface area contributed by atoms with Crippen molar-refractivity contribution >= 4 is 33.3 Å². The molecular weight excluding hydrogens is 464 g/mol. The number of nitrogens with one attached hydrogen (secondary N) is 3. The second-order valence-corrected chi connectivity index (χ2v) is 9.54. The fourth-order valence-corrected chi connectivity index (χ4v) is 4.39. The largest absolute Gasteiger partial charge is 0.384 e. The SMILES string of the molecule is Cc1c(Cl)nc(NCCc2ccccc2)c(=O)n1CS(=O)(=O)NCc1ccc(C(=N)N)cc1. The van der Waals surface area contributed by atoms with E-state index in [-0.39, 0.29) is 29.0 Å². The molecule has 0 saturated carbocycles. The van der Waals surface area contributed by atoms with Crippen LogP contribution in [-0.2, 0) is 28.9 Å². The molecule has 3 aromatic rings. The maximum Gasteiger partial charge on any atom is 0.294 e. The van der Waals surface area contributed by atoms with Gasteiger partial charge in [-0.2, -0.15) is 0 Å². The Hall–Kier alpha value is -3.21. The van der Waals surface area contributed by atoms with Crippen LogP contribution in [-0.4, -0.2) is 30.3 Å². The monoisotopic (exact) mass is 488 g/mol. The normalized spacial score (nSPS) is 11.3. The Balaban J connectivity index is 1.70. The molecule has 0 saturated heterocycles. The summed E-state index contributed by atoms with van der Waals surface area (Å²) in [5.41, 5.74) is 7.43. The van der Waals surface area contributed by atoms with Gasteiger partial charge in [-0.05, 0) is 24.5 Å². The van der Waals surface area contributed by atoms with Gasteiger partial charge in [0.15, 0.2) is 11.0 Å². The van der Waals surface area contributed by atoms with Gasteiger partial charge in [0.1, 0.15) is 11.7 Å². The van der Waals surface area contributed by atoms with Crippen LogP contribution in [0.2, 0.25) is 5.15 Å². The van der Waals surface area contributed by atoms with Crippen LogP contribution in [0, 0.1) is 12.3 Å². The zero-order valence-corrected chi connectivity index (χ0v) is 19.6. The minimum absolute atomic E-state index is 0.00319. The number of nitrogens with two attached hydrogens (primary N) is 1. The molecule has 9 nitrogen and oxygen atoms in total. The number of hydrogen-bond acceptors (Lipinski definition) is 6. The van der Waals surface area contributed by atoms with E-state index >= 15 is 0 Å². The van der Waals surface area contributed by atoms with Crippen LogP contribution in [0.5, 0.6) is 0 Å². The molecule has 174 valence electrons. The zero-order chi connectivity index (χ0) is 24.0. The van der Waals surface area contributed by atoms with Crippen molar-refractivity contribution in [1.82, 2.24) is 14.3 Å². The molecule has 1 aromatic heterocycles. The first-order chi connectivity index (χ1) is 15.7. The molecule has 0 spiro atoms. The molecule has 3 rings (SSSR count). The van der Waals surface area contributed by atoms with Crippen molar-refractivity contribution in [3.05, 3.63) is 92.5 Å². The summed E-state index contributed by atoms with van der Waals surface area (Å²) in [6.07, 6.45) is 0.662. The summed E-state index contributed by atoms with van der Waals surface area (Å²) < 4.78 is 28.9. The van der Waals surface area contributed by atoms with E-state index in [0.717, 1.165) is 10.1 Å². The maximum absolute atomic E-state index is 12.9. The van der Waals surface area contributed by atoms with Crippen molar-refractivity contribution in [3.8, 4) is 0 Å². The number of anilines is 1. The first-order valence-corrected chi connectivity index (χ1v) is 12.1. The van der Waals surface area contributed by atoms with Gasteiger partial charge in [0.05, 0.1) is 5.69 Å². The average molecular weight is 489 g/mol. The highest BCUT2D eigenvalue weighted by Gasteiger charge is 2.18. The van der Waals surface area contributed by atoms with Crippen LogP contribution in [0.3, 0.4) is 0 Å². The van der Waals surface area contributed by atoms with Crippen molar-refractivity contribution in [3.63, 3.8) is 0 Å². The minimum Gasteiger partial charge on any atom is -0.384 e. The van der Waals surface area contributed by atoms with Gasteiger partial charge in [-0.3, -0.25) is 14.8 Å². The Morgan fingerprint density at radius 2 is 1.79 bits per heavy atom. The molecule has 0 amide bonds. The summed E-state index contributed by atoms with van der Waals surface area (Å²) in [4.78, 5) is 17.0. The number of halogens is 1. The number of nitrogens with zero attached hydrogens (tertiary/aromatic N) is 2. The van der Waals surface area contributed by atoms with Gasteiger partial charge in [-0.25, -0.2) is 18.1 Å². The van der Waals surface area contributed by atoms with E-state index in [1.807, 2.05) is 30.3 Å². The van der Waals surface area contributed by atoms with Gasteiger partial charge in [0.25, 0.3) is 5.56 Å². The predicted octanol–water partition coefficient (Wildman–Crippen LogP) is 2.22. The number of benzene rings is 2. The fraction of sp³-hybridized carbons (Fsp3) is 0.227. The van der Waals surface area contributed by atoms with Crippen molar-refractivity contribution in [2.24, 2.45) is 5.73 Å². The molecular formula is C22H25ClN6O3S. The molecule has 0 fully saturated rings. The smallest absolute Gasteiger partial charge is 0.294 e. The molecule has 0 bridgehead atoms. The lowest BCUT2D eigenvalue weighted by Gasteiger charge is -2.15. The van der Waals surface area contributed by atoms with Gasteiger partial charge in [0, 0.05) is 18.7 Å². The summed E-state index contributed by atoms with van der Waals surface area (Å²) in [7, 11) is -3.87. The van der Waals surface area contributed by atoms with Crippen molar-refractivity contribution in [1.29, 1.82) is 5.41 Å². The number of nitrogen functional groups attached to an aromatic ring is 1. The summed E-state index contributed by atoms with van der Waals surface area (Å²) >= 11 is 6.18. The third-order valence-electron chi connectivity index (χ3n) is 4.97. The van der Waals surface area contributed by atoms with E-state index in [1.165, 1.54) is 0 Å². The summed E-state index contributed by atoms with van der Waals surface area (Å²) in [6.45, 7) is 2.00. The first kappa shape index (κ1) is 24.4. The Kier molecular flexibility index (Phi) is 7.85. The van der Waals surface area contributed by atoms with Gasteiger partial charge in [-0.1, -0.05) is 66.2 Å². The number of aromatic nitrogens is 2. The van der Waals surface area contributed by atoms with Crippen LogP contribution in [0.1, 0.15) is 22.4 Å². The minimum atomic E-state index is -3.87. The Bertz CT molecular complexity index is 1290. The molecule has 11 heteroatoms. The van der Waals surface area contributed by atoms with Gasteiger partial charge < -0.3 is 11.1 Å². The van der Waals surface area contributed by atoms with E-state index in [1.54, 1.807) is 31.2 Å². The second-order valence-electron chi connectivity index (χ2n) is 7.41. The lowest BCUT2D eigenvalue weighted by molar-refractivity contribution is 0.564. The Morgan fingerprint density at radius 3 is 2.42 bits per heavy atom. The molecule has 0 radical (unpaired) electrons. The zero-order valence-electron chi connectivity index (χ0n) is 18.0. The van der Waals surface area contributed by atoms with E-state index < -0.39 is 21.5 Å². The molecule has 0 aliphatic heterocycles. The van der Waals surface area contributed by atoms with Crippen molar-refractivity contribution in [2.45, 2.75) is 25.8 Å². The second kappa shape index (κ2) is 10.6. The molecule has 2 aromatic carbocycles. The molecule has 33 heavy (non-hydrogen) atoms. The van der Waals surface area contributed by atoms with E-state index in [0.29, 0.717) is 24.1 Å². The van der Waals surface area contributed by atoms with Gasteiger partial charge in [0.2, 0.25) is 10.0 Å². The number of sulfonamides is 1. The van der Waals surface area contributed by atoms with Gasteiger partial charge >= 0.3 is 0 Å². The topological polar surface area (TPSA) is 143 Å². The van der Waals surface area contributed by atoms with Crippen LogP contribution in [0.4, 0.5) is 5.82 Å². The van der Waals surface area contributed by atoms with Gasteiger partial charge in [-0.15, -0.1) is 0 Å². The highest BCUT2D eigenvalue weighted by Crippen LogP contribution is 2.14. The predicted molar refractivity (Wildman–Crippen MR) is 130 cm³/mol. The third kappa shape index (κ3) is 6.64. The van der Waals surface area contributed by atoms with E-state index in [2.05, 4.69) is 15.0 Å². The molecule has 0 unspecified atom stereocenters. The highest BCUT2D eigenvalue weighted by atomic mass is 35.5. The van der Waals surface area contributed by atoms with Crippen LogP contribution in [0.15, 0.2) is 59.4 Å². The fourth-order valence-electron chi connectivity index (χ4n) is 3.07. The average Bonchev–Trinajstić information content (AvgIpc) is 2.80. The molecule has 5 N–H and O–H groups in total. The molecule has 0 aliphatic carbocycles. The summed E-state index contributed by atoms with van der Waals surface area (Å²) in [6, 6.07) is 16.4. The standard InChI is InChI=1S/C22H25ClN6O3S/c1-15-19(23)28-21(26-12-11-16-5-3-2-4-6-16)22(30)29(15)14-33(31,32)27-13-17-7-9-18(10-8-17)20(24)25/h2-10,27H,11-14H2,1H3,(H3,24,25)(H,26,28). The van der Waals surface area contributed by atoms with Crippen molar-refractivity contribution in [2.75, 3.05) is 11.9 Å². The highest BCUT2D eigenvalue weighted by molar-refractivity contribution is 7.88. The number of amidine groups is 1. The van der Waals surface area contributed by atoms with E-state index in [9.17, 15) is 13.2 Å². The van der Waals surface area contributed by atoms with E-state index in [4.69, 9.17) is 22.7 Å². The molecule has 0 aliphatic rings. The lowest BCUT2D eigenvalue weighted by atomic mass is 10.1. The van der Waals surface area contributed by atoms with Crippen LogP contribution >= 0.6 is 11.6 Å². The molecule has 1 heterocycles. The number of hydrogen-bond donors (Lipinski definition) is 4. The van der Waals surface area contributed by atoms with Crippen LogP contribution < -0.4 is 21.3 Å². The molecule has 0 atom stereocenters. The summed E-state index contributed by atoms with van der Waals surface area (Å²) in [5, 5.41) is 10.4. The van der Waals surface area contributed by atoms with Crippen molar-refractivity contribution < 1.29 is 8.42 Å². The first-order valence-electron chi connectivity index (χ1n) is 10.1. The lowest BCUT2D eigenvalue weighted by Crippen LogP contribution is -2.35. The number of rotatable bonds is 10. The maximum atomic E-state index is 12.9. The Morgan fingerprint density at radius 1 is 1.12 bits per heavy atom. The third-order valence-corrected chi connectivity index (χ3v) is 6.51. The quantitative estimate of drug-likeness (QED) is 0.254.